The Balaban J connectivity index is 1.53. The molecular formula is C25H23N3O2S2. The van der Waals surface area contributed by atoms with E-state index in [2.05, 4.69) is 11.9 Å². The highest BCUT2D eigenvalue weighted by Gasteiger charge is 2.16. The van der Waals surface area contributed by atoms with Crippen LogP contribution in [0, 0.1) is 6.92 Å². The zero-order valence-electron chi connectivity index (χ0n) is 17.7. The molecule has 5 nitrogen and oxygen atoms in total. The number of hydrogen-bond acceptors (Lipinski definition) is 5. The average Bonchev–Trinajstić information content (AvgIpc) is 3.24. The normalized spacial score (nSPS) is 10.9. The lowest BCUT2D eigenvalue weighted by Crippen LogP contribution is -2.26. The third-order valence-corrected chi connectivity index (χ3v) is 7.05. The van der Waals surface area contributed by atoms with Gasteiger partial charge in [0.2, 0.25) is 5.91 Å². The highest BCUT2D eigenvalue weighted by atomic mass is 32.2. The first kappa shape index (κ1) is 22.0. The van der Waals surface area contributed by atoms with E-state index in [4.69, 9.17) is 4.98 Å². The van der Waals surface area contributed by atoms with Crippen LogP contribution in [0.25, 0.3) is 20.7 Å². The molecule has 0 radical (unpaired) electrons. The van der Waals surface area contributed by atoms with E-state index in [-0.39, 0.29) is 17.2 Å². The number of hydrogen-bond donors (Lipinski definition) is 1. The van der Waals surface area contributed by atoms with Gasteiger partial charge >= 0.3 is 0 Å². The Hall–Kier alpha value is -3.16. The maximum Gasteiger partial charge on any atom is 0.272 e. The average molecular weight is 462 g/mol. The molecule has 1 N–H and O–H groups in total. The molecular weight excluding hydrogens is 438 g/mol. The number of aromatic nitrogens is 2. The van der Waals surface area contributed by atoms with Crippen molar-refractivity contribution >= 4 is 39.2 Å². The summed E-state index contributed by atoms with van der Waals surface area (Å²) in [6.07, 6.45) is 1.67. The summed E-state index contributed by atoms with van der Waals surface area (Å²) in [4.78, 5) is 31.2. The first-order valence-electron chi connectivity index (χ1n) is 10.2. The lowest BCUT2D eigenvalue weighted by Gasteiger charge is -2.10. The maximum atomic E-state index is 13.1. The topological polar surface area (TPSA) is 64.0 Å². The SMILES string of the molecule is C=CCn1c(SCC(=O)NCc2ccc(C)cc2)nc2cc(-c3ccccc3)sc2c1=O. The van der Waals surface area contributed by atoms with Crippen LogP contribution in [0.15, 0.2) is 83.3 Å². The van der Waals surface area contributed by atoms with Gasteiger partial charge in [0.1, 0.15) is 4.70 Å². The fourth-order valence-electron chi connectivity index (χ4n) is 3.22. The van der Waals surface area contributed by atoms with E-state index in [0.717, 1.165) is 16.0 Å². The summed E-state index contributed by atoms with van der Waals surface area (Å²) in [5.74, 6) is 0.0711. The highest BCUT2D eigenvalue weighted by Crippen LogP contribution is 2.31. The van der Waals surface area contributed by atoms with Gasteiger partial charge in [-0.1, -0.05) is 78.0 Å². The molecule has 162 valence electrons. The van der Waals surface area contributed by atoms with Crippen LogP contribution in [0.5, 0.6) is 0 Å². The minimum atomic E-state index is -0.107. The van der Waals surface area contributed by atoms with Crippen molar-refractivity contribution in [3.63, 3.8) is 0 Å². The second-order valence-electron chi connectivity index (χ2n) is 7.34. The van der Waals surface area contributed by atoms with E-state index in [1.807, 2.05) is 67.6 Å². The number of allylic oxidation sites excluding steroid dienone is 1. The van der Waals surface area contributed by atoms with Crippen LogP contribution in [0.2, 0.25) is 0 Å². The first-order chi connectivity index (χ1) is 15.5. The molecule has 0 saturated heterocycles. The van der Waals surface area contributed by atoms with Crippen LogP contribution >= 0.6 is 23.1 Å². The van der Waals surface area contributed by atoms with Gasteiger partial charge in [0.15, 0.2) is 5.16 Å². The van der Waals surface area contributed by atoms with E-state index >= 15 is 0 Å². The molecule has 0 aliphatic rings. The molecule has 0 unspecified atom stereocenters. The van der Waals surface area contributed by atoms with E-state index < -0.39 is 0 Å². The largest absolute Gasteiger partial charge is 0.351 e. The van der Waals surface area contributed by atoms with Crippen LogP contribution in [-0.4, -0.2) is 21.2 Å². The molecule has 4 aromatic rings. The fraction of sp³-hybridized carbons (Fsp3) is 0.160. The number of rotatable bonds is 8. The van der Waals surface area contributed by atoms with Gasteiger partial charge in [-0.2, -0.15) is 0 Å². The van der Waals surface area contributed by atoms with Crippen molar-refractivity contribution < 1.29 is 4.79 Å². The van der Waals surface area contributed by atoms with Crippen molar-refractivity contribution in [2.24, 2.45) is 0 Å². The van der Waals surface area contributed by atoms with Gasteiger partial charge in [-0.15, -0.1) is 17.9 Å². The van der Waals surface area contributed by atoms with Gasteiger partial charge in [-0.25, -0.2) is 4.98 Å². The molecule has 2 aromatic carbocycles. The number of aryl methyl sites for hydroxylation is 1. The molecule has 0 bridgehead atoms. The summed E-state index contributed by atoms with van der Waals surface area (Å²) in [5, 5.41) is 3.44. The minimum absolute atomic E-state index is 0.106. The molecule has 0 aliphatic carbocycles. The molecule has 0 spiro atoms. The molecule has 32 heavy (non-hydrogen) atoms. The Kier molecular flexibility index (Phi) is 6.87. The number of carbonyl (C=O) groups is 1. The fourth-order valence-corrected chi connectivity index (χ4v) is 5.11. The van der Waals surface area contributed by atoms with Crippen LogP contribution in [-0.2, 0) is 17.9 Å². The van der Waals surface area contributed by atoms with Crippen molar-refractivity contribution in [2.75, 3.05) is 5.75 Å². The lowest BCUT2D eigenvalue weighted by atomic mass is 10.1. The van der Waals surface area contributed by atoms with Crippen molar-refractivity contribution in [2.45, 2.75) is 25.2 Å². The molecule has 0 aliphatic heterocycles. The Labute approximate surface area is 194 Å². The Bertz CT molecular complexity index is 1310. The van der Waals surface area contributed by atoms with Crippen LogP contribution in [0.4, 0.5) is 0 Å². The summed E-state index contributed by atoms with van der Waals surface area (Å²) >= 11 is 2.70. The summed E-state index contributed by atoms with van der Waals surface area (Å²) in [6, 6.07) is 19.9. The number of amides is 1. The third-order valence-electron chi connectivity index (χ3n) is 4.91. The van der Waals surface area contributed by atoms with Crippen molar-refractivity contribution in [1.29, 1.82) is 0 Å². The van der Waals surface area contributed by atoms with Gasteiger partial charge < -0.3 is 5.32 Å². The molecule has 2 heterocycles. The van der Waals surface area contributed by atoms with Crippen molar-refractivity contribution in [1.82, 2.24) is 14.9 Å². The van der Waals surface area contributed by atoms with Crippen molar-refractivity contribution in [3.05, 3.63) is 94.8 Å². The van der Waals surface area contributed by atoms with E-state index in [1.165, 1.54) is 28.7 Å². The van der Waals surface area contributed by atoms with E-state index in [9.17, 15) is 9.59 Å². The standard InChI is InChI=1S/C25H23N3O2S2/c1-3-13-28-24(30)23-20(14-21(32-23)19-7-5-4-6-8-19)27-25(28)31-16-22(29)26-15-18-11-9-17(2)10-12-18/h3-12,14H,1,13,15-16H2,2H3,(H,26,29). The number of carbonyl (C=O) groups excluding carboxylic acids is 1. The first-order valence-corrected chi connectivity index (χ1v) is 12.0. The maximum absolute atomic E-state index is 13.1. The predicted molar refractivity (Wildman–Crippen MR) is 133 cm³/mol. The molecule has 7 heteroatoms. The minimum Gasteiger partial charge on any atom is -0.351 e. The highest BCUT2D eigenvalue weighted by molar-refractivity contribution is 7.99. The Morgan fingerprint density at radius 1 is 1.19 bits per heavy atom. The number of nitrogens with zero attached hydrogens (tertiary/aromatic N) is 2. The molecule has 0 atom stereocenters. The molecule has 0 saturated carbocycles. The van der Waals surface area contributed by atoms with E-state index in [1.54, 1.807) is 10.6 Å². The number of fused-ring (bicyclic) bond motifs is 1. The number of thiophene rings is 1. The van der Waals surface area contributed by atoms with Crippen LogP contribution in [0.1, 0.15) is 11.1 Å². The summed E-state index contributed by atoms with van der Waals surface area (Å²) in [7, 11) is 0. The zero-order valence-corrected chi connectivity index (χ0v) is 19.3. The molecule has 0 fully saturated rings. The van der Waals surface area contributed by atoms with Gasteiger partial charge in [0.05, 0.1) is 11.3 Å². The summed E-state index contributed by atoms with van der Waals surface area (Å²) in [5.41, 5.74) is 3.83. The quantitative estimate of drug-likeness (QED) is 0.227. The monoisotopic (exact) mass is 461 g/mol. The van der Waals surface area contributed by atoms with Gasteiger partial charge in [0, 0.05) is 18.0 Å². The second-order valence-corrected chi connectivity index (χ2v) is 9.34. The van der Waals surface area contributed by atoms with Gasteiger partial charge in [-0.05, 0) is 24.1 Å². The summed E-state index contributed by atoms with van der Waals surface area (Å²) in [6.45, 7) is 6.60. The van der Waals surface area contributed by atoms with Crippen LogP contribution in [0.3, 0.4) is 0 Å². The number of benzene rings is 2. The molecule has 1 amide bonds. The zero-order chi connectivity index (χ0) is 22.5. The van der Waals surface area contributed by atoms with E-state index in [0.29, 0.717) is 28.5 Å². The molecule has 4 rings (SSSR count). The van der Waals surface area contributed by atoms with Gasteiger partial charge in [0.25, 0.3) is 5.56 Å². The summed E-state index contributed by atoms with van der Waals surface area (Å²) < 4.78 is 2.19. The van der Waals surface area contributed by atoms with Crippen molar-refractivity contribution in [3.8, 4) is 10.4 Å². The number of thioether (sulfide) groups is 1. The lowest BCUT2D eigenvalue weighted by molar-refractivity contribution is -0.118. The molecule has 2 aromatic heterocycles. The number of nitrogens with one attached hydrogen (secondary N) is 1. The smallest absolute Gasteiger partial charge is 0.272 e. The Morgan fingerprint density at radius 2 is 1.94 bits per heavy atom. The van der Waals surface area contributed by atoms with Crippen LogP contribution < -0.4 is 10.9 Å². The second kappa shape index (κ2) is 9.97. The Morgan fingerprint density at radius 3 is 2.66 bits per heavy atom. The van der Waals surface area contributed by atoms with Gasteiger partial charge in [-0.3, -0.25) is 14.2 Å². The predicted octanol–water partition coefficient (Wildman–Crippen LogP) is 5.03. The third kappa shape index (κ3) is 5.00.